The van der Waals surface area contributed by atoms with Gasteiger partial charge in [-0.3, -0.25) is 9.59 Å². The number of hydrogen-bond donors (Lipinski definition) is 1. The summed E-state index contributed by atoms with van der Waals surface area (Å²) in [5.41, 5.74) is 0.890. The van der Waals surface area contributed by atoms with Gasteiger partial charge in [-0.05, 0) is 48.6 Å². The van der Waals surface area contributed by atoms with Gasteiger partial charge in [-0.2, -0.15) is 0 Å². The Hall–Kier alpha value is -2.12. The Balaban J connectivity index is 2.17. The molecular weight excluding hydrogens is 411 g/mol. The standard InChI is InChI=1S/C18H14BrFO4S/c1-24-16-6-4-13(19)8-12(16)2-5-15(21)11-3-7-17(14(20)9-11)25-10-18(22)23/h2-9H,10H2,1H3,(H,22,23)/b5-2+. The zero-order valence-corrected chi connectivity index (χ0v) is 15.6. The second-order valence-electron chi connectivity index (χ2n) is 4.91. The van der Waals surface area contributed by atoms with E-state index in [0.717, 1.165) is 22.3 Å². The summed E-state index contributed by atoms with van der Waals surface area (Å²) in [6.45, 7) is 0. The molecule has 0 unspecified atom stereocenters. The summed E-state index contributed by atoms with van der Waals surface area (Å²) in [6.07, 6.45) is 2.93. The molecule has 0 aliphatic rings. The summed E-state index contributed by atoms with van der Waals surface area (Å²) in [5, 5.41) is 8.63. The molecule has 0 heterocycles. The van der Waals surface area contributed by atoms with Gasteiger partial charge >= 0.3 is 5.97 Å². The van der Waals surface area contributed by atoms with Crippen LogP contribution < -0.4 is 4.74 Å². The number of carboxylic acid groups (broad SMARTS) is 1. The number of carboxylic acids is 1. The molecule has 7 heteroatoms. The number of methoxy groups -OCH3 is 1. The van der Waals surface area contributed by atoms with Crippen molar-refractivity contribution in [3.63, 3.8) is 0 Å². The number of carbonyl (C=O) groups is 2. The first-order valence-corrected chi connectivity index (χ1v) is 8.88. The van der Waals surface area contributed by atoms with E-state index in [9.17, 15) is 14.0 Å². The third-order valence-corrected chi connectivity index (χ3v) is 4.70. The summed E-state index contributed by atoms with van der Waals surface area (Å²) in [7, 11) is 1.53. The van der Waals surface area contributed by atoms with Crippen LogP contribution in [0.2, 0.25) is 0 Å². The molecule has 2 rings (SSSR count). The minimum atomic E-state index is -1.03. The number of aliphatic carboxylic acids is 1. The van der Waals surface area contributed by atoms with Crippen molar-refractivity contribution in [1.82, 2.24) is 0 Å². The van der Waals surface area contributed by atoms with E-state index in [0.29, 0.717) is 11.3 Å². The normalized spacial score (nSPS) is 10.8. The van der Waals surface area contributed by atoms with Crippen molar-refractivity contribution in [1.29, 1.82) is 0 Å². The van der Waals surface area contributed by atoms with Crippen LogP contribution in [-0.2, 0) is 4.79 Å². The lowest BCUT2D eigenvalue weighted by molar-refractivity contribution is -0.133. The number of thioether (sulfide) groups is 1. The van der Waals surface area contributed by atoms with E-state index in [-0.39, 0.29) is 22.0 Å². The average Bonchev–Trinajstić information content (AvgIpc) is 2.58. The highest BCUT2D eigenvalue weighted by molar-refractivity contribution is 9.10. The second kappa shape index (κ2) is 8.82. The third kappa shape index (κ3) is 5.44. The molecule has 130 valence electrons. The molecule has 0 aromatic heterocycles. The maximum absolute atomic E-state index is 14.0. The molecule has 2 aromatic rings. The number of ether oxygens (including phenoxy) is 1. The van der Waals surface area contributed by atoms with Gasteiger partial charge in [0.05, 0.1) is 12.9 Å². The van der Waals surface area contributed by atoms with E-state index < -0.39 is 11.8 Å². The zero-order chi connectivity index (χ0) is 18.4. The van der Waals surface area contributed by atoms with Crippen molar-refractivity contribution < 1.29 is 23.8 Å². The fourth-order valence-corrected chi connectivity index (χ4v) is 3.03. The van der Waals surface area contributed by atoms with Crippen molar-refractivity contribution in [2.45, 2.75) is 4.90 Å². The Bertz CT molecular complexity index is 836. The molecule has 0 atom stereocenters. The van der Waals surface area contributed by atoms with Crippen molar-refractivity contribution >= 4 is 45.5 Å². The number of ketones is 1. The van der Waals surface area contributed by atoms with Crippen molar-refractivity contribution in [3.8, 4) is 5.75 Å². The van der Waals surface area contributed by atoms with Crippen LogP contribution in [0.3, 0.4) is 0 Å². The quantitative estimate of drug-likeness (QED) is 0.397. The summed E-state index contributed by atoms with van der Waals surface area (Å²) >= 11 is 4.22. The van der Waals surface area contributed by atoms with Crippen LogP contribution in [0.15, 0.2) is 51.8 Å². The van der Waals surface area contributed by atoms with Gasteiger partial charge in [0.15, 0.2) is 5.78 Å². The molecule has 0 bridgehead atoms. The maximum Gasteiger partial charge on any atom is 0.313 e. The second-order valence-corrected chi connectivity index (χ2v) is 6.84. The smallest absolute Gasteiger partial charge is 0.313 e. The van der Waals surface area contributed by atoms with Crippen LogP contribution in [0, 0.1) is 5.82 Å². The Morgan fingerprint density at radius 3 is 2.68 bits per heavy atom. The molecule has 0 fully saturated rings. The Kier molecular flexibility index (Phi) is 6.78. The number of carbonyl (C=O) groups excluding carboxylic acids is 1. The predicted octanol–water partition coefficient (Wildman–Crippen LogP) is 4.67. The first kappa shape index (κ1) is 19.2. The van der Waals surface area contributed by atoms with Crippen LogP contribution >= 0.6 is 27.7 Å². The lowest BCUT2D eigenvalue weighted by Gasteiger charge is -2.05. The Morgan fingerprint density at radius 2 is 2.04 bits per heavy atom. The lowest BCUT2D eigenvalue weighted by atomic mass is 10.1. The average molecular weight is 425 g/mol. The van der Waals surface area contributed by atoms with E-state index in [4.69, 9.17) is 9.84 Å². The summed E-state index contributed by atoms with van der Waals surface area (Å²) in [5.74, 6) is -1.65. The van der Waals surface area contributed by atoms with Gasteiger partial charge in [-0.25, -0.2) is 4.39 Å². The Morgan fingerprint density at radius 1 is 1.28 bits per heavy atom. The van der Waals surface area contributed by atoms with Gasteiger partial charge in [0, 0.05) is 20.5 Å². The first-order chi connectivity index (χ1) is 11.9. The maximum atomic E-state index is 14.0. The summed E-state index contributed by atoms with van der Waals surface area (Å²) < 4.78 is 20.0. The molecule has 2 aromatic carbocycles. The number of benzene rings is 2. The van der Waals surface area contributed by atoms with Gasteiger partial charge in [0.1, 0.15) is 11.6 Å². The topological polar surface area (TPSA) is 63.6 Å². The lowest BCUT2D eigenvalue weighted by Crippen LogP contribution is -2.00. The molecule has 0 saturated heterocycles. The third-order valence-electron chi connectivity index (χ3n) is 3.17. The summed E-state index contributed by atoms with van der Waals surface area (Å²) in [6, 6.07) is 9.37. The highest BCUT2D eigenvalue weighted by Gasteiger charge is 2.10. The highest BCUT2D eigenvalue weighted by Crippen LogP contribution is 2.25. The van der Waals surface area contributed by atoms with E-state index >= 15 is 0 Å². The molecule has 0 aliphatic carbocycles. The van der Waals surface area contributed by atoms with Crippen molar-refractivity contribution in [3.05, 3.63) is 63.9 Å². The van der Waals surface area contributed by atoms with Crippen LogP contribution in [0.25, 0.3) is 6.08 Å². The van der Waals surface area contributed by atoms with Crippen LogP contribution in [0.5, 0.6) is 5.75 Å². The van der Waals surface area contributed by atoms with E-state index in [1.165, 1.54) is 25.3 Å². The van der Waals surface area contributed by atoms with Crippen molar-refractivity contribution in [2.75, 3.05) is 12.9 Å². The van der Waals surface area contributed by atoms with Crippen LogP contribution in [-0.4, -0.2) is 29.7 Å². The van der Waals surface area contributed by atoms with Gasteiger partial charge in [0.25, 0.3) is 0 Å². The molecule has 0 amide bonds. The predicted molar refractivity (Wildman–Crippen MR) is 98.8 cm³/mol. The molecule has 0 aliphatic heterocycles. The van der Waals surface area contributed by atoms with Gasteiger partial charge in [0.2, 0.25) is 0 Å². The molecule has 1 N–H and O–H groups in total. The molecule has 4 nitrogen and oxygen atoms in total. The van der Waals surface area contributed by atoms with E-state index in [1.54, 1.807) is 18.2 Å². The number of allylic oxidation sites excluding steroid dienone is 1. The highest BCUT2D eigenvalue weighted by atomic mass is 79.9. The zero-order valence-electron chi connectivity index (χ0n) is 13.2. The van der Waals surface area contributed by atoms with Gasteiger partial charge < -0.3 is 9.84 Å². The van der Waals surface area contributed by atoms with E-state index in [1.807, 2.05) is 6.07 Å². The SMILES string of the molecule is COc1ccc(Br)cc1/C=C/C(=O)c1ccc(SCC(=O)O)c(F)c1. The fourth-order valence-electron chi connectivity index (χ4n) is 2.01. The molecule has 0 spiro atoms. The minimum absolute atomic E-state index is 0.183. The largest absolute Gasteiger partial charge is 0.496 e. The Labute approximate surface area is 156 Å². The first-order valence-electron chi connectivity index (χ1n) is 7.11. The number of hydrogen-bond acceptors (Lipinski definition) is 4. The minimum Gasteiger partial charge on any atom is -0.496 e. The van der Waals surface area contributed by atoms with E-state index in [2.05, 4.69) is 15.9 Å². The van der Waals surface area contributed by atoms with Crippen LogP contribution in [0.1, 0.15) is 15.9 Å². The number of rotatable bonds is 7. The molecule has 0 saturated carbocycles. The summed E-state index contributed by atoms with van der Waals surface area (Å²) in [4.78, 5) is 23.0. The van der Waals surface area contributed by atoms with Crippen molar-refractivity contribution in [2.24, 2.45) is 0 Å². The van der Waals surface area contributed by atoms with Crippen LogP contribution in [0.4, 0.5) is 4.39 Å². The number of halogens is 2. The molecule has 25 heavy (non-hydrogen) atoms. The fraction of sp³-hybridized carbons (Fsp3) is 0.111. The van der Waals surface area contributed by atoms with Gasteiger partial charge in [-0.1, -0.05) is 15.9 Å². The monoisotopic (exact) mass is 424 g/mol. The molecular formula is C18H14BrFO4S. The molecule has 0 radical (unpaired) electrons. The van der Waals surface area contributed by atoms with Gasteiger partial charge in [-0.15, -0.1) is 11.8 Å².